The van der Waals surface area contributed by atoms with Crippen LogP contribution in [0.5, 0.6) is 0 Å². The van der Waals surface area contributed by atoms with Crippen LogP contribution < -0.4 is 11.1 Å². The standard InChI is InChI=1S/C13H12ClNO3S.C6H7N/c14-11-8-6-10(7-9-11)13(19(16,17)18)15-12-4-2-1-3-5-12;7-6-4-2-1-3-5-6/h1-9,13,15H,(H,16,17,18);1-5H,7H2. The number of nitrogens with one attached hydrogen (secondary N) is 1. The van der Waals surface area contributed by atoms with Gasteiger partial charge < -0.3 is 11.1 Å². The number of rotatable bonds is 4. The second kappa shape index (κ2) is 9.24. The van der Waals surface area contributed by atoms with Crippen molar-refractivity contribution in [3.63, 3.8) is 0 Å². The summed E-state index contributed by atoms with van der Waals surface area (Å²) >= 11 is 5.76. The fourth-order valence-electron chi connectivity index (χ4n) is 2.11. The van der Waals surface area contributed by atoms with E-state index >= 15 is 0 Å². The molecule has 0 amide bonds. The topological polar surface area (TPSA) is 92.4 Å². The highest BCUT2D eigenvalue weighted by Crippen LogP contribution is 2.25. The second-order valence-electron chi connectivity index (χ2n) is 5.37. The molecule has 0 aliphatic carbocycles. The zero-order chi connectivity index (χ0) is 19.0. The quantitative estimate of drug-likeness (QED) is 0.447. The molecule has 1 atom stereocenters. The summed E-state index contributed by atoms with van der Waals surface area (Å²) in [5, 5.41) is 2.04. The van der Waals surface area contributed by atoms with E-state index in [-0.39, 0.29) is 0 Å². The molecule has 0 radical (unpaired) electrons. The minimum absolute atomic E-state index is 0.413. The molecule has 3 aromatic carbocycles. The molecule has 0 saturated heterocycles. The second-order valence-corrected chi connectivity index (χ2v) is 7.31. The predicted molar refractivity (Wildman–Crippen MR) is 107 cm³/mol. The summed E-state index contributed by atoms with van der Waals surface area (Å²) < 4.78 is 32.3. The summed E-state index contributed by atoms with van der Waals surface area (Å²) in [4.78, 5) is 0. The fraction of sp³-hybridized carbons (Fsp3) is 0.0526. The Hall–Kier alpha value is -2.54. The van der Waals surface area contributed by atoms with E-state index in [1.807, 2.05) is 36.4 Å². The van der Waals surface area contributed by atoms with Gasteiger partial charge in [-0.1, -0.05) is 60.1 Å². The van der Waals surface area contributed by atoms with E-state index in [1.165, 1.54) is 0 Å². The first-order valence-corrected chi connectivity index (χ1v) is 9.58. The summed E-state index contributed by atoms with van der Waals surface area (Å²) in [7, 11) is -4.28. The maximum absolute atomic E-state index is 11.5. The van der Waals surface area contributed by atoms with Gasteiger partial charge in [-0.05, 0) is 42.0 Å². The van der Waals surface area contributed by atoms with E-state index in [4.69, 9.17) is 17.3 Å². The van der Waals surface area contributed by atoms with E-state index in [1.54, 1.807) is 48.5 Å². The Morgan fingerprint density at radius 1 is 0.846 bits per heavy atom. The molecule has 5 nitrogen and oxygen atoms in total. The Balaban J connectivity index is 0.000000290. The van der Waals surface area contributed by atoms with Crippen molar-refractivity contribution in [2.24, 2.45) is 0 Å². The van der Waals surface area contributed by atoms with Gasteiger partial charge in [0.15, 0.2) is 5.37 Å². The Morgan fingerprint density at radius 3 is 1.77 bits per heavy atom. The molecule has 0 aromatic heterocycles. The van der Waals surface area contributed by atoms with E-state index in [2.05, 4.69) is 5.32 Å². The van der Waals surface area contributed by atoms with Crippen LogP contribution in [0.25, 0.3) is 0 Å². The zero-order valence-electron chi connectivity index (χ0n) is 13.8. The molecule has 1 unspecified atom stereocenters. The van der Waals surface area contributed by atoms with Gasteiger partial charge in [-0.3, -0.25) is 4.55 Å². The third kappa shape index (κ3) is 6.40. The van der Waals surface area contributed by atoms with Gasteiger partial charge in [0, 0.05) is 16.4 Å². The monoisotopic (exact) mass is 390 g/mol. The maximum Gasteiger partial charge on any atom is 0.290 e. The van der Waals surface area contributed by atoms with Crippen LogP contribution in [0.4, 0.5) is 11.4 Å². The Labute approximate surface area is 158 Å². The molecule has 3 aromatic rings. The van der Waals surface area contributed by atoms with Crippen LogP contribution in [0.1, 0.15) is 10.9 Å². The maximum atomic E-state index is 11.5. The summed E-state index contributed by atoms with van der Waals surface area (Å²) in [5.41, 5.74) is 7.19. The summed E-state index contributed by atoms with van der Waals surface area (Å²) in [6.45, 7) is 0. The van der Waals surface area contributed by atoms with Crippen molar-refractivity contribution in [3.05, 3.63) is 95.5 Å². The third-order valence-corrected chi connectivity index (χ3v) is 4.58. The van der Waals surface area contributed by atoms with Gasteiger partial charge in [0.25, 0.3) is 10.1 Å². The summed E-state index contributed by atoms with van der Waals surface area (Å²) in [6, 6.07) is 24.5. The van der Waals surface area contributed by atoms with Gasteiger partial charge in [-0.15, -0.1) is 0 Å². The van der Waals surface area contributed by atoms with E-state index in [9.17, 15) is 13.0 Å². The first kappa shape index (κ1) is 19.8. The average Bonchev–Trinajstić information content (AvgIpc) is 2.62. The van der Waals surface area contributed by atoms with Crippen LogP contribution >= 0.6 is 11.6 Å². The lowest BCUT2D eigenvalue weighted by Gasteiger charge is -2.17. The minimum atomic E-state index is -4.28. The number of benzene rings is 3. The van der Waals surface area contributed by atoms with Crippen molar-refractivity contribution in [1.29, 1.82) is 0 Å². The summed E-state index contributed by atoms with van der Waals surface area (Å²) in [6.07, 6.45) is 0. The lowest BCUT2D eigenvalue weighted by Crippen LogP contribution is -2.20. The molecular formula is C19H19ClN2O3S. The van der Waals surface area contributed by atoms with Crippen molar-refractivity contribution >= 4 is 33.1 Å². The number of halogens is 1. The molecule has 0 saturated carbocycles. The average molecular weight is 391 g/mol. The number of nitrogens with two attached hydrogens (primary N) is 1. The van der Waals surface area contributed by atoms with E-state index < -0.39 is 15.5 Å². The molecule has 7 heteroatoms. The fourth-order valence-corrected chi connectivity index (χ4v) is 3.02. The Kier molecular flexibility index (Phi) is 7.03. The molecule has 4 N–H and O–H groups in total. The number of anilines is 2. The van der Waals surface area contributed by atoms with Crippen LogP contribution in [0.2, 0.25) is 5.02 Å². The van der Waals surface area contributed by atoms with Gasteiger partial charge in [-0.25, -0.2) is 0 Å². The minimum Gasteiger partial charge on any atom is -0.399 e. The van der Waals surface area contributed by atoms with Crippen LogP contribution in [-0.2, 0) is 10.1 Å². The molecule has 0 fully saturated rings. The largest absolute Gasteiger partial charge is 0.399 e. The SMILES string of the molecule is Nc1ccccc1.O=S(=O)(O)C(Nc1ccccc1)c1ccc(Cl)cc1. The number of hydrogen-bond acceptors (Lipinski definition) is 4. The van der Waals surface area contributed by atoms with Gasteiger partial charge in [-0.2, -0.15) is 8.42 Å². The normalized spacial score (nSPS) is 11.8. The van der Waals surface area contributed by atoms with Crippen LogP contribution in [0, 0.1) is 0 Å². The zero-order valence-corrected chi connectivity index (χ0v) is 15.4. The van der Waals surface area contributed by atoms with Crippen molar-refractivity contribution < 1.29 is 13.0 Å². The lowest BCUT2D eigenvalue weighted by molar-refractivity contribution is 0.473. The lowest BCUT2D eigenvalue weighted by atomic mass is 10.2. The molecule has 26 heavy (non-hydrogen) atoms. The molecule has 0 bridgehead atoms. The van der Waals surface area contributed by atoms with Gasteiger partial charge in [0.05, 0.1) is 0 Å². The molecule has 0 aliphatic heterocycles. The molecular weight excluding hydrogens is 372 g/mol. The van der Waals surface area contributed by atoms with E-state index in [0.717, 1.165) is 5.69 Å². The highest BCUT2D eigenvalue weighted by Gasteiger charge is 2.24. The molecule has 0 heterocycles. The van der Waals surface area contributed by atoms with Crippen molar-refractivity contribution in [2.45, 2.75) is 5.37 Å². The van der Waals surface area contributed by atoms with Gasteiger partial charge in [0.1, 0.15) is 0 Å². The third-order valence-electron chi connectivity index (χ3n) is 3.34. The predicted octanol–water partition coefficient (Wildman–Crippen LogP) is 4.61. The highest BCUT2D eigenvalue weighted by atomic mass is 35.5. The summed E-state index contributed by atoms with van der Waals surface area (Å²) in [5.74, 6) is 0. The van der Waals surface area contributed by atoms with Crippen LogP contribution in [0.15, 0.2) is 84.9 Å². The molecule has 0 aliphatic rings. The molecule has 0 spiro atoms. The highest BCUT2D eigenvalue weighted by molar-refractivity contribution is 7.86. The van der Waals surface area contributed by atoms with Crippen LogP contribution in [-0.4, -0.2) is 13.0 Å². The first-order chi connectivity index (χ1) is 12.4. The van der Waals surface area contributed by atoms with Crippen molar-refractivity contribution in [2.75, 3.05) is 11.1 Å². The first-order valence-electron chi connectivity index (χ1n) is 7.70. The molecule has 136 valence electrons. The number of para-hydroxylation sites is 2. The molecule has 3 rings (SSSR count). The van der Waals surface area contributed by atoms with E-state index in [0.29, 0.717) is 16.3 Å². The van der Waals surface area contributed by atoms with Crippen molar-refractivity contribution in [1.82, 2.24) is 0 Å². The van der Waals surface area contributed by atoms with Crippen molar-refractivity contribution in [3.8, 4) is 0 Å². The smallest absolute Gasteiger partial charge is 0.290 e. The van der Waals surface area contributed by atoms with Gasteiger partial charge >= 0.3 is 0 Å². The Morgan fingerprint density at radius 2 is 1.35 bits per heavy atom. The van der Waals surface area contributed by atoms with Gasteiger partial charge in [0.2, 0.25) is 0 Å². The van der Waals surface area contributed by atoms with Crippen LogP contribution in [0.3, 0.4) is 0 Å². The Bertz CT molecular complexity index is 903. The number of nitrogen functional groups attached to an aromatic ring is 1. The number of hydrogen-bond donors (Lipinski definition) is 3.